The van der Waals surface area contributed by atoms with Crippen molar-refractivity contribution in [2.75, 3.05) is 13.2 Å². The maximum absolute atomic E-state index is 13.1. The van der Waals surface area contributed by atoms with Gasteiger partial charge in [0, 0.05) is 6.42 Å². The largest absolute Gasteiger partial charge is 0.394 e. The highest BCUT2D eigenvalue weighted by atomic mass is 16.7. The Bertz CT molecular complexity index is 1710. The van der Waals surface area contributed by atoms with Gasteiger partial charge in [-0.15, -0.1) is 0 Å². The molecule has 0 saturated carbocycles. The maximum Gasteiger partial charge on any atom is 0.220 e. The van der Waals surface area contributed by atoms with Crippen LogP contribution in [0.1, 0.15) is 277 Å². The number of carbonyl (C=O) groups is 1. The summed E-state index contributed by atoms with van der Waals surface area (Å²) >= 11 is 0. The molecule has 0 bridgehead atoms. The Kier molecular flexibility index (Phi) is 56.7. The van der Waals surface area contributed by atoms with E-state index in [-0.39, 0.29) is 12.5 Å². The van der Waals surface area contributed by atoms with E-state index >= 15 is 0 Å². The quantitative estimate of drug-likeness (QED) is 0.0261. The van der Waals surface area contributed by atoms with Gasteiger partial charge in [-0.2, -0.15) is 0 Å². The van der Waals surface area contributed by atoms with E-state index in [1.165, 1.54) is 167 Å². The molecule has 1 rings (SSSR count). The summed E-state index contributed by atoms with van der Waals surface area (Å²) in [6, 6.07) is -0.835. The standard InChI is InChI=1S/C73H125NO8/c1-3-5-7-9-11-13-15-17-19-21-23-25-26-27-28-29-30-31-32-33-34-35-36-37-38-39-40-41-42-43-45-47-49-51-53-55-57-59-61-63-69(77)74-66(65-81-73-72(80)71(79)70(78)68(64-75)82-73)67(76)62-60-58-56-54-52-50-48-46-44-24-22-20-18-16-14-12-10-8-6-4-2/h5,7,11,13,17,19,23,25,27-28,30-31,33-34,44,46,52,54,60,62,66-68,70-73,75-76,78-80H,3-4,6,8-10,12,14-16,18,20-22,24,26,29,32,35-43,45,47-51,53,55-59,61,63-65H2,1-2H3,(H,74,77)/b7-5-,13-11-,19-17-,25-23-,28-27-,31-30-,34-33-,46-44+,54-52+,62-60+. The van der Waals surface area contributed by atoms with Gasteiger partial charge in [-0.3, -0.25) is 4.79 Å². The van der Waals surface area contributed by atoms with E-state index < -0.39 is 49.5 Å². The lowest BCUT2D eigenvalue weighted by Gasteiger charge is -2.40. The molecular formula is C73H125NO8. The molecule has 0 aliphatic carbocycles. The highest BCUT2D eigenvalue weighted by molar-refractivity contribution is 5.76. The van der Waals surface area contributed by atoms with Gasteiger partial charge in [0.1, 0.15) is 24.4 Å². The number of aliphatic hydroxyl groups is 5. The van der Waals surface area contributed by atoms with Crippen LogP contribution in [0.15, 0.2) is 122 Å². The third-order valence-electron chi connectivity index (χ3n) is 15.2. The van der Waals surface area contributed by atoms with Crippen molar-refractivity contribution in [3.8, 4) is 0 Å². The van der Waals surface area contributed by atoms with Gasteiger partial charge in [0.2, 0.25) is 5.91 Å². The number of rotatable bonds is 57. The monoisotopic (exact) mass is 1140 g/mol. The molecule has 1 aliphatic heterocycles. The number of aliphatic hydroxyl groups excluding tert-OH is 5. The van der Waals surface area contributed by atoms with E-state index in [0.29, 0.717) is 6.42 Å². The Labute approximate surface area is 503 Å². The lowest BCUT2D eigenvalue weighted by atomic mass is 9.99. The molecule has 6 N–H and O–H groups in total. The second-order valence-electron chi connectivity index (χ2n) is 22.9. The zero-order valence-corrected chi connectivity index (χ0v) is 52.5. The summed E-state index contributed by atoms with van der Waals surface area (Å²) in [7, 11) is 0. The summed E-state index contributed by atoms with van der Waals surface area (Å²) in [5.41, 5.74) is 0. The number of allylic oxidation sites excluding steroid dienone is 19. The first-order chi connectivity index (χ1) is 40.3. The molecule has 1 heterocycles. The lowest BCUT2D eigenvalue weighted by molar-refractivity contribution is -0.302. The minimum absolute atomic E-state index is 0.192. The normalized spacial score (nSPS) is 19.1. The molecule has 9 heteroatoms. The summed E-state index contributed by atoms with van der Waals surface area (Å²) in [6.07, 6.45) is 84.4. The van der Waals surface area contributed by atoms with Crippen LogP contribution in [-0.2, 0) is 14.3 Å². The smallest absolute Gasteiger partial charge is 0.220 e. The van der Waals surface area contributed by atoms with Gasteiger partial charge in [0.05, 0.1) is 25.4 Å². The summed E-state index contributed by atoms with van der Waals surface area (Å²) in [4.78, 5) is 13.1. The number of nitrogens with one attached hydrogen (secondary N) is 1. The van der Waals surface area contributed by atoms with Crippen molar-refractivity contribution in [2.45, 2.75) is 320 Å². The molecule has 0 spiro atoms. The van der Waals surface area contributed by atoms with Gasteiger partial charge in [-0.25, -0.2) is 0 Å². The van der Waals surface area contributed by atoms with Crippen molar-refractivity contribution in [1.82, 2.24) is 5.32 Å². The molecule has 0 aromatic rings. The second-order valence-corrected chi connectivity index (χ2v) is 22.9. The van der Waals surface area contributed by atoms with Crippen LogP contribution in [0.3, 0.4) is 0 Å². The maximum atomic E-state index is 13.1. The van der Waals surface area contributed by atoms with Crippen molar-refractivity contribution < 1.29 is 39.8 Å². The summed E-state index contributed by atoms with van der Waals surface area (Å²) in [6.45, 7) is 3.65. The molecule has 1 amide bonds. The van der Waals surface area contributed by atoms with E-state index in [4.69, 9.17) is 9.47 Å². The SMILES string of the molecule is CC/C=C\C/C=C\C/C=C\C/C=C\C/C=C\C/C=C\C/C=C\CCCCCCCCCCCCCCCCCCCC(=O)NC(COC1OC(CO)C(O)C(O)C1O)C(O)/C=C/CC/C=C/CC/C=C/CCCCCCCCCCCC. The number of hydrogen-bond acceptors (Lipinski definition) is 8. The Morgan fingerprint density at radius 3 is 1.17 bits per heavy atom. The zero-order valence-electron chi connectivity index (χ0n) is 52.5. The van der Waals surface area contributed by atoms with Crippen LogP contribution in [0.2, 0.25) is 0 Å². The number of unbranched alkanes of at least 4 members (excludes halogenated alkanes) is 29. The van der Waals surface area contributed by atoms with Crippen molar-refractivity contribution in [2.24, 2.45) is 0 Å². The summed E-state index contributed by atoms with van der Waals surface area (Å²) in [5, 5.41) is 54.6. The lowest BCUT2D eigenvalue weighted by Crippen LogP contribution is -2.60. The Balaban J connectivity index is 2.13. The van der Waals surface area contributed by atoms with Crippen molar-refractivity contribution in [3.05, 3.63) is 122 Å². The first-order valence-corrected chi connectivity index (χ1v) is 33.8. The van der Waals surface area contributed by atoms with E-state index in [0.717, 1.165) is 89.9 Å². The number of carbonyl (C=O) groups excluding carboxylic acids is 1. The molecule has 0 aromatic carbocycles. The number of ether oxygens (including phenoxy) is 2. The van der Waals surface area contributed by atoms with Gasteiger partial charge < -0.3 is 40.3 Å². The van der Waals surface area contributed by atoms with Gasteiger partial charge in [-0.05, 0) is 103 Å². The Hall–Kier alpha value is -3.41. The second kappa shape index (κ2) is 60.7. The third-order valence-corrected chi connectivity index (χ3v) is 15.2. The number of amides is 1. The zero-order chi connectivity index (χ0) is 59.3. The van der Waals surface area contributed by atoms with Crippen molar-refractivity contribution in [1.29, 1.82) is 0 Å². The fourth-order valence-electron chi connectivity index (χ4n) is 9.99. The minimum Gasteiger partial charge on any atom is -0.394 e. The first-order valence-electron chi connectivity index (χ1n) is 33.8. The molecule has 0 aromatic heterocycles. The highest BCUT2D eigenvalue weighted by Gasteiger charge is 2.44. The van der Waals surface area contributed by atoms with E-state index in [9.17, 15) is 30.3 Å². The van der Waals surface area contributed by atoms with E-state index in [1.807, 2.05) is 6.08 Å². The molecule has 82 heavy (non-hydrogen) atoms. The van der Waals surface area contributed by atoms with Crippen LogP contribution in [0.5, 0.6) is 0 Å². The Morgan fingerprint density at radius 2 is 0.768 bits per heavy atom. The van der Waals surface area contributed by atoms with Crippen LogP contribution in [0.4, 0.5) is 0 Å². The molecule has 1 fully saturated rings. The Morgan fingerprint density at radius 1 is 0.427 bits per heavy atom. The fourth-order valence-corrected chi connectivity index (χ4v) is 9.99. The number of hydrogen-bond donors (Lipinski definition) is 6. The molecule has 7 atom stereocenters. The van der Waals surface area contributed by atoms with E-state index in [1.54, 1.807) is 6.08 Å². The third kappa shape index (κ3) is 48.9. The summed E-state index contributed by atoms with van der Waals surface area (Å²) < 4.78 is 11.3. The molecule has 1 aliphatic rings. The average molecular weight is 1140 g/mol. The van der Waals surface area contributed by atoms with Crippen LogP contribution in [0.25, 0.3) is 0 Å². The van der Waals surface area contributed by atoms with Crippen LogP contribution in [-0.4, -0.2) is 87.5 Å². The topological polar surface area (TPSA) is 149 Å². The van der Waals surface area contributed by atoms with Gasteiger partial charge in [0.15, 0.2) is 6.29 Å². The minimum atomic E-state index is -1.58. The highest BCUT2D eigenvalue weighted by Crippen LogP contribution is 2.23. The average Bonchev–Trinajstić information content (AvgIpc) is 3.52. The molecule has 0 radical (unpaired) electrons. The van der Waals surface area contributed by atoms with Gasteiger partial charge in [-0.1, -0.05) is 289 Å². The predicted octanol–water partition coefficient (Wildman–Crippen LogP) is 18.2. The predicted molar refractivity (Wildman–Crippen MR) is 350 cm³/mol. The first kappa shape index (κ1) is 76.6. The van der Waals surface area contributed by atoms with Crippen molar-refractivity contribution >= 4 is 5.91 Å². The van der Waals surface area contributed by atoms with Crippen molar-refractivity contribution in [3.63, 3.8) is 0 Å². The molecule has 7 unspecified atom stereocenters. The molecule has 9 nitrogen and oxygen atoms in total. The molecule has 470 valence electrons. The van der Waals surface area contributed by atoms with Gasteiger partial charge in [0.25, 0.3) is 0 Å². The molecule has 1 saturated heterocycles. The molecular weight excluding hydrogens is 1020 g/mol. The van der Waals surface area contributed by atoms with E-state index in [2.05, 4.69) is 129 Å². The van der Waals surface area contributed by atoms with Crippen LogP contribution in [0, 0.1) is 0 Å². The fraction of sp³-hybridized carbons (Fsp3) is 0.712. The van der Waals surface area contributed by atoms with Gasteiger partial charge >= 0.3 is 0 Å². The summed E-state index contributed by atoms with van der Waals surface area (Å²) in [5.74, 6) is -0.192. The van der Waals surface area contributed by atoms with Crippen LogP contribution < -0.4 is 5.32 Å². The van der Waals surface area contributed by atoms with Crippen LogP contribution >= 0.6 is 0 Å².